The largest absolute Gasteiger partial charge is 0.378 e. The van der Waals surface area contributed by atoms with Crippen LogP contribution >= 0.6 is 0 Å². The summed E-state index contributed by atoms with van der Waals surface area (Å²) in [4.78, 5) is 14.1. The predicted molar refractivity (Wildman–Crippen MR) is 128 cm³/mol. The van der Waals surface area contributed by atoms with E-state index in [1.165, 1.54) is 5.56 Å². The fourth-order valence-electron chi connectivity index (χ4n) is 3.87. The lowest BCUT2D eigenvalue weighted by molar-refractivity contribution is 0.122. The van der Waals surface area contributed by atoms with Crippen LogP contribution in [0, 0.1) is 18.3 Å². The summed E-state index contributed by atoms with van der Waals surface area (Å²) in [5, 5.41) is 8.69. The number of ether oxygens (including phenoxy) is 1. The van der Waals surface area contributed by atoms with E-state index < -0.39 is 0 Å². The first kappa shape index (κ1) is 23.2. The zero-order valence-corrected chi connectivity index (χ0v) is 19.7. The van der Waals surface area contributed by atoms with Crippen molar-refractivity contribution in [3.8, 4) is 11.3 Å². The summed E-state index contributed by atoms with van der Waals surface area (Å²) >= 11 is 0. The smallest absolute Gasteiger partial charge is 0.226 e. The highest BCUT2D eigenvalue weighted by Gasteiger charge is 2.19. The lowest BCUT2D eigenvalue weighted by Gasteiger charge is -2.28. The molecule has 1 aliphatic rings. The van der Waals surface area contributed by atoms with E-state index in [0.717, 1.165) is 67.4 Å². The summed E-state index contributed by atoms with van der Waals surface area (Å²) in [7, 11) is 2.01. The van der Waals surface area contributed by atoms with E-state index in [1.807, 2.05) is 24.1 Å². The molecule has 1 fully saturated rings. The fourth-order valence-corrected chi connectivity index (χ4v) is 3.87. The Labute approximate surface area is 187 Å². The van der Waals surface area contributed by atoms with Crippen molar-refractivity contribution in [2.45, 2.75) is 47.0 Å². The van der Waals surface area contributed by atoms with Gasteiger partial charge in [0.15, 0.2) is 0 Å². The Balaban J connectivity index is 1.96. The molecule has 1 aromatic heterocycles. The number of rotatable bonds is 8. The number of hydrogen-bond donors (Lipinski definition) is 1. The third kappa shape index (κ3) is 5.82. The van der Waals surface area contributed by atoms with Crippen molar-refractivity contribution >= 4 is 11.8 Å². The molecule has 0 bridgehead atoms. The topological polar surface area (TPSA) is 65.3 Å². The Kier molecular flexibility index (Phi) is 8.02. The van der Waals surface area contributed by atoms with E-state index in [1.54, 1.807) is 0 Å². The van der Waals surface area contributed by atoms with Crippen molar-refractivity contribution < 1.29 is 4.74 Å². The van der Waals surface area contributed by atoms with Crippen LogP contribution in [0.3, 0.4) is 0 Å². The number of anilines is 1. The summed E-state index contributed by atoms with van der Waals surface area (Å²) in [6.45, 7) is 12.7. The third-order valence-corrected chi connectivity index (χ3v) is 5.83. The lowest BCUT2D eigenvalue weighted by atomic mass is 9.99. The molecule has 0 amide bonds. The van der Waals surface area contributed by atoms with Gasteiger partial charge in [0.1, 0.15) is 5.84 Å². The molecule has 1 aromatic carbocycles. The molecule has 0 aliphatic carbocycles. The molecule has 0 unspecified atom stereocenters. The molecule has 2 aromatic rings. The van der Waals surface area contributed by atoms with E-state index in [0.29, 0.717) is 25.0 Å². The van der Waals surface area contributed by atoms with E-state index in [-0.39, 0.29) is 0 Å². The van der Waals surface area contributed by atoms with Crippen LogP contribution in [0.15, 0.2) is 24.3 Å². The van der Waals surface area contributed by atoms with Gasteiger partial charge in [0.2, 0.25) is 5.95 Å². The van der Waals surface area contributed by atoms with Crippen LogP contribution in [0.2, 0.25) is 0 Å². The van der Waals surface area contributed by atoms with Crippen molar-refractivity contribution in [1.29, 1.82) is 5.41 Å². The van der Waals surface area contributed by atoms with Crippen LogP contribution in [-0.4, -0.2) is 60.6 Å². The molecule has 31 heavy (non-hydrogen) atoms. The average Bonchev–Trinajstić information content (AvgIpc) is 2.78. The number of nitrogens with one attached hydrogen (secondary N) is 1. The zero-order chi connectivity index (χ0) is 22.4. The number of amidine groups is 1. The van der Waals surface area contributed by atoms with Crippen molar-refractivity contribution in [3.63, 3.8) is 0 Å². The highest BCUT2D eigenvalue weighted by molar-refractivity contribution is 5.97. The Morgan fingerprint density at radius 3 is 2.65 bits per heavy atom. The molecule has 3 rings (SSSR count). The third-order valence-electron chi connectivity index (χ3n) is 5.83. The Morgan fingerprint density at radius 2 is 1.97 bits per heavy atom. The SMILES string of the molecule is CCCc1c(C)nc(N2CCOCC2)nc1-c1cccc(C(=N)N(C)CCC(C)C)c1. The summed E-state index contributed by atoms with van der Waals surface area (Å²) in [6.07, 6.45) is 3.06. The van der Waals surface area contributed by atoms with Crippen molar-refractivity contribution in [2.75, 3.05) is 44.8 Å². The van der Waals surface area contributed by atoms with Gasteiger partial charge in [-0.25, -0.2) is 9.97 Å². The monoisotopic (exact) mass is 423 g/mol. The molecule has 168 valence electrons. The van der Waals surface area contributed by atoms with E-state index >= 15 is 0 Å². The van der Waals surface area contributed by atoms with E-state index in [4.69, 9.17) is 20.1 Å². The minimum atomic E-state index is 0.554. The van der Waals surface area contributed by atoms with Gasteiger partial charge in [-0.05, 0) is 37.3 Å². The highest BCUT2D eigenvalue weighted by Crippen LogP contribution is 2.28. The molecule has 6 heteroatoms. The average molecular weight is 424 g/mol. The minimum absolute atomic E-state index is 0.554. The zero-order valence-electron chi connectivity index (χ0n) is 19.7. The second kappa shape index (κ2) is 10.7. The number of morpholine rings is 1. The van der Waals surface area contributed by atoms with E-state index in [2.05, 4.69) is 44.7 Å². The fraction of sp³-hybridized carbons (Fsp3) is 0.560. The molecular weight excluding hydrogens is 386 g/mol. The van der Waals surface area contributed by atoms with Gasteiger partial charge in [-0.1, -0.05) is 45.4 Å². The normalized spacial score (nSPS) is 14.2. The highest BCUT2D eigenvalue weighted by atomic mass is 16.5. The minimum Gasteiger partial charge on any atom is -0.378 e. The molecule has 0 radical (unpaired) electrons. The number of nitrogens with zero attached hydrogens (tertiary/aromatic N) is 4. The molecule has 1 N–H and O–H groups in total. The molecule has 0 atom stereocenters. The molecule has 1 saturated heterocycles. The standard InChI is InChI=1S/C25H37N5O/c1-6-8-22-19(4)27-25(30-13-15-31-16-14-30)28-23(22)20-9-7-10-21(17-20)24(26)29(5)12-11-18(2)3/h7,9-10,17-18,26H,6,8,11-16H2,1-5H3. The Morgan fingerprint density at radius 1 is 1.23 bits per heavy atom. The second-order valence-electron chi connectivity index (χ2n) is 8.82. The number of aryl methyl sites for hydroxylation is 1. The maximum atomic E-state index is 8.69. The van der Waals surface area contributed by atoms with Crippen LogP contribution in [0.4, 0.5) is 5.95 Å². The first-order chi connectivity index (χ1) is 14.9. The van der Waals surface area contributed by atoms with Gasteiger partial charge in [-0.2, -0.15) is 0 Å². The summed E-state index contributed by atoms with van der Waals surface area (Å²) in [6, 6.07) is 8.28. The first-order valence-corrected chi connectivity index (χ1v) is 11.5. The summed E-state index contributed by atoms with van der Waals surface area (Å²) in [5.41, 5.74) is 5.23. The maximum Gasteiger partial charge on any atom is 0.226 e. The van der Waals surface area contributed by atoms with Gasteiger partial charge in [0.25, 0.3) is 0 Å². The van der Waals surface area contributed by atoms with Crippen LogP contribution in [0.1, 0.15) is 50.4 Å². The summed E-state index contributed by atoms with van der Waals surface area (Å²) < 4.78 is 5.50. The first-order valence-electron chi connectivity index (χ1n) is 11.5. The van der Waals surface area contributed by atoms with Crippen LogP contribution in [0.25, 0.3) is 11.3 Å². The van der Waals surface area contributed by atoms with E-state index in [9.17, 15) is 0 Å². The van der Waals surface area contributed by atoms with Crippen molar-refractivity contribution in [1.82, 2.24) is 14.9 Å². The van der Waals surface area contributed by atoms with Gasteiger partial charge in [0.05, 0.1) is 18.9 Å². The molecular formula is C25H37N5O. The van der Waals surface area contributed by atoms with Crippen molar-refractivity contribution in [3.05, 3.63) is 41.1 Å². The molecule has 0 spiro atoms. The molecule has 2 heterocycles. The van der Waals surface area contributed by atoms with Gasteiger partial charge in [0, 0.05) is 43.5 Å². The molecule has 6 nitrogen and oxygen atoms in total. The quantitative estimate of drug-likeness (QED) is 0.499. The van der Waals surface area contributed by atoms with Gasteiger partial charge >= 0.3 is 0 Å². The van der Waals surface area contributed by atoms with Gasteiger partial charge < -0.3 is 14.5 Å². The number of benzene rings is 1. The molecule has 1 aliphatic heterocycles. The second-order valence-corrected chi connectivity index (χ2v) is 8.82. The van der Waals surface area contributed by atoms with Gasteiger partial charge in [-0.15, -0.1) is 0 Å². The number of aromatic nitrogens is 2. The summed E-state index contributed by atoms with van der Waals surface area (Å²) in [5.74, 6) is 1.96. The Bertz CT molecular complexity index is 889. The molecule has 0 saturated carbocycles. The predicted octanol–water partition coefficient (Wildman–Crippen LogP) is 4.54. The Hall–Kier alpha value is -2.47. The van der Waals surface area contributed by atoms with Gasteiger partial charge in [-0.3, -0.25) is 5.41 Å². The van der Waals surface area contributed by atoms with Crippen LogP contribution in [0.5, 0.6) is 0 Å². The van der Waals surface area contributed by atoms with Crippen molar-refractivity contribution in [2.24, 2.45) is 5.92 Å². The number of hydrogen-bond acceptors (Lipinski definition) is 5. The van der Waals surface area contributed by atoms with Crippen LogP contribution < -0.4 is 4.90 Å². The van der Waals surface area contributed by atoms with Crippen LogP contribution in [-0.2, 0) is 11.2 Å². The lowest BCUT2D eigenvalue weighted by Crippen LogP contribution is -2.37. The maximum absolute atomic E-state index is 8.69.